The van der Waals surface area contributed by atoms with Crippen LogP contribution in [0.25, 0.3) is 10.8 Å². The van der Waals surface area contributed by atoms with E-state index in [-0.39, 0.29) is 0 Å². The molecule has 2 aromatic carbocycles. The highest BCUT2D eigenvalue weighted by atomic mass is 14.0. The maximum Gasteiger partial charge on any atom is -0.0181 e. The Hall–Kier alpha value is -1.30. The number of hydrogen-bond acceptors (Lipinski definition) is 0. The molecule has 0 unspecified atom stereocenters. The molecule has 0 spiro atoms. The van der Waals surface area contributed by atoms with Crippen molar-refractivity contribution in [2.24, 2.45) is 0 Å². The quantitative estimate of drug-likeness (QED) is 0.415. The molecule has 2 aromatic rings. The van der Waals surface area contributed by atoms with Crippen LogP contribution in [-0.2, 0) is 6.42 Å². The zero-order valence-corrected chi connectivity index (χ0v) is 13.6. The summed E-state index contributed by atoms with van der Waals surface area (Å²) in [6.07, 6.45) is 13.9. The summed E-state index contributed by atoms with van der Waals surface area (Å²) in [5.41, 5.74) is 1.50. The lowest BCUT2D eigenvalue weighted by Crippen LogP contribution is -1.87. The molecular formula is C21H30. The summed E-state index contributed by atoms with van der Waals surface area (Å²) < 4.78 is 0. The average Bonchev–Trinajstić information content (AvgIpc) is 2.53. The summed E-state index contributed by atoms with van der Waals surface area (Å²) in [5, 5.41) is 2.74. The van der Waals surface area contributed by atoms with Crippen LogP contribution in [0.15, 0.2) is 42.5 Å². The van der Waals surface area contributed by atoms with Crippen molar-refractivity contribution in [1.29, 1.82) is 0 Å². The van der Waals surface area contributed by atoms with Gasteiger partial charge in [-0.2, -0.15) is 0 Å². The Kier molecular flexibility index (Phi) is 7.35. The molecule has 0 heterocycles. The van der Waals surface area contributed by atoms with E-state index in [0.29, 0.717) is 0 Å². The Morgan fingerprint density at radius 2 is 1.24 bits per heavy atom. The molecule has 0 N–H and O–H groups in total. The van der Waals surface area contributed by atoms with Crippen molar-refractivity contribution in [2.75, 3.05) is 0 Å². The molecule has 0 aliphatic heterocycles. The van der Waals surface area contributed by atoms with Gasteiger partial charge in [-0.15, -0.1) is 0 Å². The van der Waals surface area contributed by atoms with Crippen molar-refractivity contribution in [3.63, 3.8) is 0 Å². The van der Waals surface area contributed by atoms with Gasteiger partial charge in [-0.1, -0.05) is 101 Å². The third-order valence-corrected chi connectivity index (χ3v) is 4.38. The van der Waals surface area contributed by atoms with Gasteiger partial charge >= 0.3 is 0 Å². The Balaban J connectivity index is 1.59. The van der Waals surface area contributed by atoms with Crippen LogP contribution in [0.4, 0.5) is 0 Å². The molecular weight excluding hydrogens is 252 g/mol. The van der Waals surface area contributed by atoms with Gasteiger partial charge in [0.2, 0.25) is 0 Å². The second-order valence-electron chi connectivity index (χ2n) is 6.26. The van der Waals surface area contributed by atoms with Gasteiger partial charge in [-0.3, -0.25) is 0 Å². The van der Waals surface area contributed by atoms with Crippen molar-refractivity contribution >= 4 is 10.8 Å². The molecule has 0 fully saturated rings. The maximum atomic E-state index is 2.36. The van der Waals surface area contributed by atoms with Gasteiger partial charge in [0.1, 0.15) is 0 Å². The van der Waals surface area contributed by atoms with Gasteiger partial charge in [-0.05, 0) is 29.2 Å². The lowest BCUT2D eigenvalue weighted by Gasteiger charge is -2.04. The fraction of sp³-hybridized carbons (Fsp3) is 0.524. The zero-order valence-electron chi connectivity index (χ0n) is 13.6. The molecule has 0 heteroatoms. The third kappa shape index (κ3) is 5.91. The second kappa shape index (κ2) is 9.60. The minimum atomic E-state index is 1.24. The van der Waals surface area contributed by atoms with Crippen LogP contribution in [0, 0.1) is 0 Å². The van der Waals surface area contributed by atoms with Gasteiger partial charge < -0.3 is 0 Å². The summed E-state index contributed by atoms with van der Waals surface area (Å²) >= 11 is 0. The van der Waals surface area contributed by atoms with Gasteiger partial charge in [0.25, 0.3) is 0 Å². The molecule has 21 heavy (non-hydrogen) atoms. The van der Waals surface area contributed by atoms with Crippen molar-refractivity contribution in [1.82, 2.24) is 0 Å². The average molecular weight is 282 g/mol. The van der Waals surface area contributed by atoms with E-state index in [1.807, 2.05) is 0 Å². The Morgan fingerprint density at radius 3 is 1.95 bits per heavy atom. The topological polar surface area (TPSA) is 0 Å². The van der Waals surface area contributed by atoms with Gasteiger partial charge in [0, 0.05) is 0 Å². The number of rotatable bonds is 10. The minimum absolute atomic E-state index is 1.24. The van der Waals surface area contributed by atoms with Crippen LogP contribution in [0.5, 0.6) is 0 Å². The van der Waals surface area contributed by atoms with Gasteiger partial charge in [0.15, 0.2) is 0 Å². The monoisotopic (exact) mass is 282 g/mol. The SMILES string of the molecule is CCCCCCCCCCCc1ccc2ccccc2c1. The first-order chi connectivity index (χ1) is 10.4. The number of aryl methyl sites for hydroxylation is 1. The van der Waals surface area contributed by atoms with Crippen LogP contribution < -0.4 is 0 Å². The number of hydrogen-bond donors (Lipinski definition) is 0. The lowest BCUT2D eigenvalue weighted by molar-refractivity contribution is 0.565. The fourth-order valence-electron chi connectivity index (χ4n) is 3.03. The summed E-state index contributed by atoms with van der Waals surface area (Å²) in [4.78, 5) is 0. The Bertz CT molecular complexity index is 512. The predicted octanol–water partition coefficient (Wildman–Crippen LogP) is 6.91. The van der Waals surface area contributed by atoms with Gasteiger partial charge in [0.05, 0.1) is 0 Å². The maximum absolute atomic E-state index is 2.36. The normalized spacial score (nSPS) is 11.1. The largest absolute Gasteiger partial charge is 0.0654 e. The molecule has 0 nitrogen and oxygen atoms in total. The van der Waals surface area contributed by atoms with Crippen LogP contribution >= 0.6 is 0 Å². The number of benzene rings is 2. The lowest BCUT2D eigenvalue weighted by atomic mass is 10.0. The Morgan fingerprint density at radius 1 is 0.619 bits per heavy atom. The first-order valence-electron chi connectivity index (χ1n) is 8.88. The molecule has 0 aliphatic rings. The van der Waals surface area contributed by atoms with Crippen molar-refractivity contribution < 1.29 is 0 Å². The highest BCUT2D eigenvalue weighted by molar-refractivity contribution is 5.82. The summed E-state index contributed by atoms with van der Waals surface area (Å²) in [7, 11) is 0. The predicted molar refractivity (Wildman–Crippen MR) is 94.9 cm³/mol. The van der Waals surface area contributed by atoms with Crippen molar-refractivity contribution in [3.8, 4) is 0 Å². The van der Waals surface area contributed by atoms with E-state index >= 15 is 0 Å². The Labute approximate surface area is 130 Å². The van der Waals surface area contributed by atoms with Crippen LogP contribution in [-0.4, -0.2) is 0 Å². The highest BCUT2D eigenvalue weighted by Gasteiger charge is 1.97. The second-order valence-corrected chi connectivity index (χ2v) is 6.26. The van der Waals surface area contributed by atoms with E-state index in [1.54, 1.807) is 0 Å². The summed E-state index contributed by atoms with van der Waals surface area (Å²) in [5.74, 6) is 0. The molecule has 0 saturated heterocycles. The van der Waals surface area contributed by atoms with E-state index < -0.39 is 0 Å². The van der Waals surface area contributed by atoms with E-state index in [9.17, 15) is 0 Å². The molecule has 0 aromatic heterocycles. The van der Waals surface area contributed by atoms with E-state index in [1.165, 1.54) is 80.5 Å². The smallest absolute Gasteiger partial charge is 0.0181 e. The highest BCUT2D eigenvalue weighted by Crippen LogP contribution is 2.18. The molecule has 0 amide bonds. The summed E-state index contributed by atoms with van der Waals surface area (Å²) in [6, 6.07) is 15.6. The minimum Gasteiger partial charge on any atom is -0.0654 e. The standard InChI is InChI=1S/C21H30/c1-2-3-4-5-6-7-8-9-10-13-19-16-17-20-14-11-12-15-21(20)18-19/h11-12,14-18H,2-10,13H2,1H3. The van der Waals surface area contributed by atoms with Crippen LogP contribution in [0.1, 0.15) is 70.3 Å². The van der Waals surface area contributed by atoms with E-state index in [4.69, 9.17) is 0 Å². The first kappa shape index (κ1) is 16.1. The molecule has 0 radical (unpaired) electrons. The van der Waals surface area contributed by atoms with Gasteiger partial charge in [-0.25, -0.2) is 0 Å². The molecule has 0 saturated carbocycles. The molecule has 0 aliphatic carbocycles. The van der Waals surface area contributed by atoms with Crippen molar-refractivity contribution in [3.05, 3.63) is 48.0 Å². The first-order valence-corrected chi connectivity index (χ1v) is 8.88. The van der Waals surface area contributed by atoms with Crippen LogP contribution in [0.3, 0.4) is 0 Å². The van der Waals surface area contributed by atoms with E-state index in [0.717, 1.165) is 0 Å². The molecule has 2 rings (SSSR count). The zero-order chi connectivity index (χ0) is 14.8. The fourth-order valence-corrected chi connectivity index (χ4v) is 3.03. The third-order valence-electron chi connectivity index (χ3n) is 4.38. The molecule has 0 atom stereocenters. The molecule has 114 valence electrons. The number of unbranched alkanes of at least 4 members (excludes halogenated alkanes) is 8. The van der Waals surface area contributed by atoms with Crippen LogP contribution in [0.2, 0.25) is 0 Å². The number of fused-ring (bicyclic) bond motifs is 1. The van der Waals surface area contributed by atoms with E-state index in [2.05, 4.69) is 49.4 Å². The summed E-state index contributed by atoms with van der Waals surface area (Å²) in [6.45, 7) is 2.28. The molecule has 0 bridgehead atoms. The van der Waals surface area contributed by atoms with Crippen molar-refractivity contribution in [2.45, 2.75) is 71.1 Å².